The summed E-state index contributed by atoms with van der Waals surface area (Å²) < 4.78 is 3.45. The van der Waals surface area contributed by atoms with Crippen LogP contribution >= 0.6 is 0 Å². The number of aromatic nitrogens is 4. The zero-order valence-corrected chi connectivity index (χ0v) is 12.6. The number of nitrogens with one attached hydrogen (secondary N) is 1. The van der Waals surface area contributed by atoms with Crippen molar-refractivity contribution < 1.29 is 0 Å². The summed E-state index contributed by atoms with van der Waals surface area (Å²) >= 11 is 0. The molecule has 0 atom stereocenters. The number of benzene rings is 1. The fourth-order valence-electron chi connectivity index (χ4n) is 3.07. The molecule has 0 radical (unpaired) electrons. The highest BCUT2D eigenvalue weighted by Gasteiger charge is 2.18. The van der Waals surface area contributed by atoms with Crippen molar-refractivity contribution in [3.8, 4) is 5.69 Å². The molecule has 0 bridgehead atoms. The van der Waals surface area contributed by atoms with E-state index in [9.17, 15) is 4.79 Å². The smallest absolute Gasteiger partial charge is 0.351 e. The van der Waals surface area contributed by atoms with Crippen molar-refractivity contribution in [1.29, 1.82) is 0 Å². The number of hydrogen-bond acceptors (Lipinski definition) is 4. The molecule has 112 valence electrons. The highest BCUT2D eigenvalue weighted by atomic mass is 16.1. The third-order valence-corrected chi connectivity index (χ3v) is 4.13. The minimum atomic E-state index is -0.221. The van der Waals surface area contributed by atoms with Gasteiger partial charge in [-0.1, -0.05) is 17.7 Å². The van der Waals surface area contributed by atoms with E-state index in [-0.39, 0.29) is 5.69 Å². The summed E-state index contributed by atoms with van der Waals surface area (Å²) in [5.41, 5.74) is 3.65. The van der Waals surface area contributed by atoms with Gasteiger partial charge in [-0.05, 0) is 31.9 Å². The minimum Gasteiger partial charge on any atom is -0.371 e. The fraction of sp³-hybridized carbons (Fsp3) is 0.312. The molecular weight excluding hydrogens is 278 g/mol. The van der Waals surface area contributed by atoms with Crippen molar-refractivity contribution in [1.82, 2.24) is 19.3 Å². The van der Waals surface area contributed by atoms with Gasteiger partial charge in [0.05, 0.1) is 17.3 Å². The monoisotopic (exact) mass is 295 g/mol. The lowest BCUT2D eigenvalue weighted by molar-refractivity contribution is 0.599. The molecule has 1 aliphatic heterocycles. The van der Waals surface area contributed by atoms with Gasteiger partial charge in [0.2, 0.25) is 0 Å². The lowest BCUT2D eigenvalue weighted by Crippen LogP contribution is -2.31. The van der Waals surface area contributed by atoms with Gasteiger partial charge >= 0.3 is 5.69 Å². The van der Waals surface area contributed by atoms with Crippen LogP contribution in [0.15, 0.2) is 29.2 Å². The van der Waals surface area contributed by atoms with Crippen LogP contribution in [0.5, 0.6) is 0 Å². The van der Waals surface area contributed by atoms with E-state index < -0.39 is 0 Å². The Morgan fingerprint density at radius 1 is 1.27 bits per heavy atom. The van der Waals surface area contributed by atoms with Crippen LogP contribution in [-0.2, 0) is 6.54 Å². The molecule has 0 saturated heterocycles. The Morgan fingerprint density at radius 2 is 2.14 bits per heavy atom. The van der Waals surface area contributed by atoms with E-state index in [2.05, 4.69) is 28.4 Å². The molecule has 4 rings (SSSR count). The molecule has 3 aromatic rings. The maximum Gasteiger partial charge on any atom is 0.351 e. The second-order valence-corrected chi connectivity index (χ2v) is 5.76. The van der Waals surface area contributed by atoms with Crippen molar-refractivity contribution in [3.63, 3.8) is 0 Å². The standard InChI is InChI=1S/C16H17N5O/c1-10-4-5-13(11(2)8-10)21-15-12(9-18-21)14-17-6-3-7-20(14)16(22)19-15/h4-5,8-9,17H,3,6-7H2,1-2H3. The summed E-state index contributed by atoms with van der Waals surface area (Å²) in [5.74, 6) is 0.831. The highest BCUT2D eigenvalue weighted by Crippen LogP contribution is 2.25. The van der Waals surface area contributed by atoms with E-state index in [0.717, 1.165) is 35.4 Å². The maximum atomic E-state index is 12.3. The second kappa shape index (κ2) is 4.69. The van der Waals surface area contributed by atoms with E-state index in [4.69, 9.17) is 0 Å². The van der Waals surface area contributed by atoms with Crippen LogP contribution in [0, 0.1) is 13.8 Å². The third kappa shape index (κ3) is 1.83. The topological polar surface area (TPSA) is 64.7 Å². The first-order valence-electron chi connectivity index (χ1n) is 7.45. The molecule has 22 heavy (non-hydrogen) atoms. The van der Waals surface area contributed by atoms with Gasteiger partial charge in [-0.25, -0.2) is 9.48 Å². The SMILES string of the molecule is Cc1ccc(-n2ncc3c4n(c(=O)nc32)CCCN4)c(C)c1. The summed E-state index contributed by atoms with van der Waals surface area (Å²) in [5, 5.41) is 8.66. The average molecular weight is 295 g/mol. The van der Waals surface area contributed by atoms with Gasteiger partial charge in [0, 0.05) is 13.1 Å². The Hall–Kier alpha value is -2.63. The Morgan fingerprint density at radius 3 is 2.95 bits per heavy atom. The molecular formula is C16H17N5O. The van der Waals surface area contributed by atoms with E-state index in [1.54, 1.807) is 15.4 Å². The lowest BCUT2D eigenvalue weighted by atomic mass is 10.1. The summed E-state index contributed by atoms with van der Waals surface area (Å²) in [7, 11) is 0. The number of anilines is 1. The van der Waals surface area contributed by atoms with Gasteiger partial charge in [0.1, 0.15) is 5.82 Å². The van der Waals surface area contributed by atoms with Gasteiger partial charge in [-0.15, -0.1) is 0 Å². The fourth-order valence-corrected chi connectivity index (χ4v) is 3.07. The Kier molecular flexibility index (Phi) is 2.79. The van der Waals surface area contributed by atoms with Crippen LogP contribution in [0.4, 0.5) is 5.82 Å². The Balaban J connectivity index is 2.01. The van der Waals surface area contributed by atoms with Crippen LogP contribution in [0.3, 0.4) is 0 Å². The second-order valence-electron chi connectivity index (χ2n) is 5.76. The minimum absolute atomic E-state index is 0.221. The molecule has 2 aromatic heterocycles. The summed E-state index contributed by atoms with van der Waals surface area (Å²) in [4.78, 5) is 16.5. The highest BCUT2D eigenvalue weighted by molar-refractivity contribution is 5.87. The molecule has 0 saturated carbocycles. The van der Waals surface area contributed by atoms with Crippen LogP contribution in [0.1, 0.15) is 17.5 Å². The van der Waals surface area contributed by atoms with E-state index >= 15 is 0 Å². The summed E-state index contributed by atoms with van der Waals surface area (Å²) in [6.07, 6.45) is 2.72. The quantitative estimate of drug-likeness (QED) is 0.746. The molecule has 3 heterocycles. The van der Waals surface area contributed by atoms with E-state index in [0.29, 0.717) is 12.2 Å². The molecule has 1 N–H and O–H groups in total. The first-order chi connectivity index (χ1) is 10.6. The van der Waals surface area contributed by atoms with Gasteiger partial charge in [-0.3, -0.25) is 4.57 Å². The Bertz CT molecular complexity index is 938. The largest absolute Gasteiger partial charge is 0.371 e. The summed E-state index contributed by atoms with van der Waals surface area (Å²) in [6.45, 7) is 5.68. The molecule has 0 spiro atoms. The first kappa shape index (κ1) is 13.1. The first-order valence-corrected chi connectivity index (χ1v) is 7.45. The van der Waals surface area contributed by atoms with Crippen LogP contribution < -0.4 is 11.0 Å². The zero-order chi connectivity index (χ0) is 15.3. The van der Waals surface area contributed by atoms with Gasteiger partial charge in [0.25, 0.3) is 0 Å². The van der Waals surface area contributed by atoms with Crippen molar-refractivity contribution in [2.75, 3.05) is 11.9 Å². The van der Waals surface area contributed by atoms with Gasteiger partial charge < -0.3 is 5.32 Å². The molecule has 1 aliphatic rings. The number of aryl methyl sites for hydroxylation is 2. The van der Waals surface area contributed by atoms with Crippen molar-refractivity contribution in [3.05, 3.63) is 46.0 Å². The van der Waals surface area contributed by atoms with Crippen molar-refractivity contribution >= 4 is 16.9 Å². The van der Waals surface area contributed by atoms with Crippen molar-refractivity contribution in [2.45, 2.75) is 26.8 Å². The molecule has 0 unspecified atom stereocenters. The predicted molar refractivity (Wildman–Crippen MR) is 85.7 cm³/mol. The lowest BCUT2D eigenvalue weighted by Gasteiger charge is -2.19. The Labute approximate surface area is 127 Å². The summed E-state index contributed by atoms with van der Waals surface area (Å²) in [6, 6.07) is 6.16. The number of fused-ring (bicyclic) bond motifs is 3. The van der Waals surface area contributed by atoms with Gasteiger partial charge in [-0.2, -0.15) is 10.1 Å². The van der Waals surface area contributed by atoms with Crippen molar-refractivity contribution in [2.24, 2.45) is 0 Å². The predicted octanol–water partition coefficient (Wildman–Crippen LogP) is 2.01. The average Bonchev–Trinajstić information content (AvgIpc) is 2.91. The van der Waals surface area contributed by atoms with E-state index in [1.807, 2.05) is 19.1 Å². The maximum absolute atomic E-state index is 12.3. The van der Waals surface area contributed by atoms with Gasteiger partial charge in [0.15, 0.2) is 5.65 Å². The van der Waals surface area contributed by atoms with Crippen LogP contribution in [0.25, 0.3) is 16.7 Å². The van der Waals surface area contributed by atoms with E-state index in [1.165, 1.54) is 5.56 Å². The molecule has 6 nitrogen and oxygen atoms in total. The van der Waals surface area contributed by atoms with Crippen LogP contribution in [0.2, 0.25) is 0 Å². The molecule has 0 fully saturated rings. The number of rotatable bonds is 1. The molecule has 1 aromatic carbocycles. The number of nitrogens with zero attached hydrogens (tertiary/aromatic N) is 4. The zero-order valence-electron chi connectivity index (χ0n) is 12.6. The normalized spacial score (nSPS) is 13.9. The molecule has 0 amide bonds. The molecule has 0 aliphatic carbocycles. The third-order valence-electron chi connectivity index (χ3n) is 4.13. The van der Waals surface area contributed by atoms with Crippen LogP contribution in [-0.4, -0.2) is 25.9 Å². The number of hydrogen-bond donors (Lipinski definition) is 1. The molecule has 6 heteroatoms.